The summed E-state index contributed by atoms with van der Waals surface area (Å²) in [4.78, 5) is 25.6. The van der Waals surface area contributed by atoms with Crippen LogP contribution in [0.3, 0.4) is 0 Å². The van der Waals surface area contributed by atoms with E-state index in [-0.39, 0.29) is 41.7 Å². The Kier molecular flexibility index (Phi) is 6.08. The van der Waals surface area contributed by atoms with Crippen molar-refractivity contribution in [3.8, 4) is 0 Å². The van der Waals surface area contributed by atoms with Gasteiger partial charge in [-0.25, -0.2) is 0 Å². The van der Waals surface area contributed by atoms with Crippen molar-refractivity contribution >= 4 is 7.82 Å². The molecule has 0 spiro atoms. The van der Waals surface area contributed by atoms with Gasteiger partial charge < -0.3 is 19.2 Å². The normalized spacial score (nSPS) is 9.83. The maximum absolute atomic E-state index is 8.55. The first kappa shape index (κ1) is 10.5. The summed E-state index contributed by atoms with van der Waals surface area (Å²) in [5, 5.41) is 0. The SMILES string of the molecule is O=P([O-])([O-])[O-].[Ce+3]. The summed E-state index contributed by atoms with van der Waals surface area (Å²) in [7, 11) is -5.39. The van der Waals surface area contributed by atoms with Gasteiger partial charge in [-0.3, -0.25) is 0 Å². The summed E-state index contributed by atoms with van der Waals surface area (Å²) < 4.78 is 8.55. The number of phosphoric acid groups is 1. The molecule has 0 saturated heterocycles. The zero-order chi connectivity index (χ0) is 4.50. The van der Waals surface area contributed by atoms with Gasteiger partial charge in [0, 0.05) is 0 Å². The molecule has 0 aromatic carbocycles. The van der Waals surface area contributed by atoms with E-state index in [1.54, 1.807) is 0 Å². The van der Waals surface area contributed by atoms with Gasteiger partial charge in [0.15, 0.2) is 0 Å². The molecule has 6 heavy (non-hydrogen) atoms. The fourth-order valence-corrected chi connectivity index (χ4v) is 0. The Labute approximate surface area is 68.2 Å². The zero-order valence-corrected chi connectivity index (χ0v) is 6.61. The van der Waals surface area contributed by atoms with E-state index in [4.69, 9.17) is 19.2 Å². The van der Waals surface area contributed by atoms with Crippen molar-refractivity contribution in [2.24, 2.45) is 0 Å². The average Bonchev–Trinajstić information content (AvgIpc) is 0.722. The van der Waals surface area contributed by atoms with E-state index in [9.17, 15) is 0 Å². The quantitative estimate of drug-likeness (QED) is 0.423. The second-order valence-corrected chi connectivity index (χ2v) is 1.34. The van der Waals surface area contributed by atoms with Crippen LogP contribution < -0.4 is 14.7 Å². The van der Waals surface area contributed by atoms with Crippen LogP contribution in [-0.2, 0) is 4.57 Å². The molecule has 0 aromatic heterocycles. The first-order valence-electron chi connectivity index (χ1n) is 0.730. The standard InChI is InChI=1S/Ce.H3O4P/c;1-5(2,3)4/h;(H3,1,2,3,4)/q+3;/p-3. The van der Waals surface area contributed by atoms with E-state index >= 15 is 0 Å². The number of hydrogen-bond acceptors (Lipinski definition) is 4. The molecule has 0 fully saturated rings. The Balaban J connectivity index is 0. The van der Waals surface area contributed by atoms with Gasteiger partial charge in [-0.05, 0) is 0 Å². The fraction of sp³-hybridized carbons (Fsp3) is 0. The molecular weight excluding hydrogens is 235 g/mol. The van der Waals surface area contributed by atoms with Crippen molar-refractivity contribution in [1.29, 1.82) is 0 Å². The van der Waals surface area contributed by atoms with Gasteiger partial charge in [-0.1, -0.05) is 0 Å². The van der Waals surface area contributed by atoms with Crippen LogP contribution in [0.15, 0.2) is 0 Å². The van der Waals surface area contributed by atoms with E-state index in [1.807, 2.05) is 0 Å². The van der Waals surface area contributed by atoms with E-state index in [2.05, 4.69) is 0 Å². The molecule has 0 aliphatic heterocycles. The van der Waals surface area contributed by atoms with Crippen molar-refractivity contribution < 1.29 is 61.0 Å². The third-order valence-corrected chi connectivity index (χ3v) is 0. The molecule has 33 valence electrons. The smallest absolute Gasteiger partial charge is 0.822 e. The first-order valence-corrected chi connectivity index (χ1v) is 2.19. The monoisotopic (exact) mass is 235 g/mol. The van der Waals surface area contributed by atoms with Crippen LogP contribution in [0.5, 0.6) is 0 Å². The van der Waals surface area contributed by atoms with E-state index in [0.717, 1.165) is 0 Å². The summed E-state index contributed by atoms with van der Waals surface area (Å²) in [6.07, 6.45) is 0. The maximum Gasteiger partial charge on any atom is 3.00 e. The molecule has 0 amide bonds. The molecule has 0 heterocycles. The van der Waals surface area contributed by atoms with E-state index < -0.39 is 7.82 Å². The fourth-order valence-electron chi connectivity index (χ4n) is 0. The van der Waals surface area contributed by atoms with Gasteiger partial charge in [0.05, 0.1) is 0 Å². The van der Waals surface area contributed by atoms with Crippen LogP contribution in [0.4, 0.5) is 0 Å². The topological polar surface area (TPSA) is 86.2 Å². The Bertz CT molecular complexity index is 53.7. The predicted molar refractivity (Wildman–Crippen MR) is 7.61 cm³/mol. The Hall–Kier alpha value is 1.49. The molecule has 0 aliphatic carbocycles. The largest absolute Gasteiger partial charge is 3.00 e. The van der Waals surface area contributed by atoms with Gasteiger partial charge in [0.1, 0.15) is 0 Å². The third-order valence-electron chi connectivity index (χ3n) is 0. The number of rotatable bonds is 0. The minimum Gasteiger partial charge on any atom is -0.822 e. The molecule has 0 bridgehead atoms. The Morgan fingerprint density at radius 2 is 1.17 bits per heavy atom. The van der Waals surface area contributed by atoms with Crippen molar-refractivity contribution in [2.45, 2.75) is 0 Å². The van der Waals surface area contributed by atoms with Crippen molar-refractivity contribution in [3.63, 3.8) is 0 Å². The molecule has 0 aromatic rings. The molecule has 0 N–H and O–H groups in total. The molecule has 0 unspecified atom stereocenters. The zero-order valence-electron chi connectivity index (χ0n) is 2.58. The number of hydrogen-bond donors (Lipinski definition) is 0. The predicted octanol–water partition coefficient (Wildman–Crippen LogP) is -2.82. The summed E-state index contributed by atoms with van der Waals surface area (Å²) >= 11 is 0. The molecular formula is CeO4P. The molecule has 6 heteroatoms. The third kappa shape index (κ3) is 50.0. The van der Waals surface area contributed by atoms with Crippen molar-refractivity contribution in [2.75, 3.05) is 0 Å². The van der Waals surface area contributed by atoms with E-state index in [0.29, 0.717) is 0 Å². The van der Waals surface area contributed by atoms with Crippen molar-refractivity contribution in [3.05, 3.63) is 0 Å². The van der Waals surface area contributed by atoms with E-state index in [1.165, 1.54) is 0 Å². The van der Waals surface area contributed by atoms with Gasteiger partial charge in [0.2, 0.25) is 0 Å². The van der Waals surface area contributed by atoms with Gasteiger partial charge >= 0.3 is 41.7 Å². The van der Waals surface area contributed by atoms with Crippen LogP contribution in [0.2, 0.25) is 0 Å². The molecule has 4 nitrogen and oxygen atoms in total. The summed E-state index contributed by atoms with van der Waals surface area (Å²) in [6, 6.07) is 0. The Morgan fingerprint density at radius 3 is 1.17 bits per heavy atom. The van der Waals surface area contributed by atoms with Crippen LogP contribution in [-0.4, -0.2) is 0 Å². The van der Waals surface area contributed by atoms with Gasteiger partial charge in [-0.2, -0.15) is 7.82 Å². The molecule has 0 saturated carbocycles. The average molecular weight is 235 g/mol. The Morgan fingerprint density at radius 1 is 1.17 bits per heavy atom. The van der Waals surface area contributed by atoms with Gasteiger partial charge in [-0.15, -0.1) is 0 Å². The van der Waals surface area contributed by atoms with Gasteiger partial charge in [0.25, 0.3) is 0 Å². The molecule has 0 aliphatic rings. The first-order chi connectivity index (χ1) is 2.00. The summed E-state index contributed by atoms with van der Waals surface area (Å²) in [5.41, 5.74) is 0. The molecule has 0 atom stereocenters. The summed E-state index contributed by atoms with van der Waals surface area (Å²) in [6.45, 7) is 0. The maximum atomic E-state index is 8.55. The van der Waals surface area contributed by atoms with Crippen LogP contribution in [0.25, 0.3) is 0 Å². The van der Waals surface area contributed by atoms with Crippen LogP contribution in [0, 0.1) is 41.7 Å². The van der Waals surface area contributed by atoms with Crippen LogP contribution in [0.1, 0.15) is 0 Å². The molecule has 0 rings (SSSR count). The molecule has 1 radical (unpaired) electrons. The minimum atomic E-state index is -5.39. The minimum absolute atomic E-state index is 0. The summed E-state index contributed by atoms with van der Waals surface area (Å²) in [5.74, 6) is 0. The van der Waals surface area contributed by atoms with Crippen molar-refractivity contribution in [1.82, 2.24) is 0 Å². The second-order valence-electron chi connectivity index (χ2n) is 0.447. The second kappa shape index (κ2) is 3.48. The van der Waals surface area contributed by atoms with Crippen LogP contribution >= 0.6 is 7.82 Å².